The maximum absolute atomic E-state index is 5.92. The topological polar surface area (TPSA) is 47.1 Å². The molecule has 4 nitrogen and oxygen atoms in total. The first-order valence-electron chi connectivity index (χ1n) is 7.37. The summed E-state index contributed by atoms with van der Waals surface area (Å²) in [6.07, 6.45) is 2.02. The minimum absolute atomic E-state index is 0.798. The molecule has 1 aromatic heterocycles. The maximum atomic E-state index is 5.92. The van der Waals surface area contributed by atoms with Gasteiger partial charge in [-0.1, -0.05) is 19.9 Å². The number of nitrogens with two attached hydrogens (primary N) is 1. The molecule has 1 heterocycles. The van der Waals surface area contributed by atoms with E-state index < -0.39 is 0 Å². The van der Waals surface area contributed by atoms with Crippen LogP contribution in [0.15, 0.2) is 28.7 Å². The maximum Gasteiger partial charge on any atom is 0.0767 e. The molecule has 2 aromatic rings. The predicted molar refractivity (Wildman–Crippen MR) is 92.5 cm³/mol. The summed E-state index contributed by atoms with van der Waals surface area (Å²) in [6, 6.07) is 8.06. The second-order valence-electron chi connectivity index (χ2n) is 5.20. The van der Waals surface area contributed by atoms with Crippen molar-refractivity contribution in [2.45, 2.75) is 33.2 Å². The first-order valence-corrected chi connectivity index (χ1v) is 8.16. The molecule has 2 rings (SSSR count). The first-order chi connectivity index (χ1) is 10.1. The quantitative estimate of drug-likeness (QED) is 0.807. The van der Waals surface area contributed by atoms with Gasteiger partial charge in [-0.25, -0.2) is 0 Å². The molecule has 1 aromatic carbocycles. The number of nitrogens with zero attached hydrogens (tertiary/aromatic N) is 3. The second kappa shape index (κ2) is 6.98. The van der Waals surface area contributed by atoms with E-state index in [0.29, 0.717) is 0 Å². The van der Waals surface area contributed by atoms with Crippen molar-refractivity contribution in [3.63, 3.8) is 0 Å². The van der Waals surface area contributed by atoms with Crippen molar-refractivity contribution in [2.24, 2.45) is 7.05 Å². The van der Waals surface area contributed by atoms with Crippen LogP contribution in [-0.4, -0.2) is 16.3 Å². The highest BCUT2D eigenvalue weighted by atomic mass is 79.9. The van der Waals surface area contributed by atoms with E-state index in [-0.39, 0.29) is 0 Å². The lowest BCUT2D eigenvalue weighted by atomic mass is 10.2. The zero-order chi connectivity index (χ0) is 15.4. The third kappa shape index (κ3) is 3.59. The van der Waals surface area contributed by atoms with Crippen molar-refractivity contribution < 1.29 is 0 Å². The molecule has 0 spiro atoms. The van der Waals surface area contributed by atoms with Crippen LogP contribution in [-0.2, 0) is 20.0 Å². The van der Waals surface area contributed by atoms with Gasteiger partial charge in [-0.15, -0.1) is 0 Å². The van der Waals surface area contributed by atoms with Gasteiger partial charge in [-0.2, -0.15) is 5.10 Å². The Labute approximate surface area is 135 Å². The summed E-state index contributed by atoms with van der Waals surface area (Å²) in [7, 11) is 2.00. The van der Waals surface area contributed by atoms with Crippen molar-refractivity contribution >= 4 is 27.3 Å². The molecule has 0 saturated carbocycles. The normalized spacial score (nSPS) is 10.9. The van der Waals surface area contributed by atoms with Gasteiger partial charge < -0.3 is 10.6 Å². The molecule has 0 saturated heterocycles. The van der Waals surface area contributed by atoms with Gasteiger partial charge in [0.25, 0.3) is 0 Å². The van der Waals surface area contributed by atoms with Gasteiger partial charge in [-0.05, 0) is 47.0 Å². The number of hydrogen-bond acceptors (Lipinski definition) is 3. The van der Waals surface area contributed by atoms with Crippen LogP contribution >= 0.6 is 15.9 Å². The number of aromatic nitrogens is 2. The Bertz CT molecular complexity index is 606. The van der Waals surface area contributed by atoms with E-state index in [9.17, 15) is 0 Å². The van der Waals surface area contributed by atoms with E-state index in [1.54, 1.807) is 0 Å². The lowest BCUT2D eigenvalue weighted by Crippen LogP contribution is -2.25. The summed E-state index contributed by atoms with van der Waals surface area (Å²) in [5.41, 5.74) is 10.2. The fourth-order valence-corrected chi connectivity index (χ4v) is 3.20. The molecule has 0 aliphatic carbocycles. The molecule has 0 atom stereocenters. The Morgan fingerprint density at radius 1 is 1.33 bits per heavy atom. The number of aryl methyl sites for hydroxylation is 2. The van der Waals surface area contributed by atoms with Crippen LogP contribution in [0, 0.1) is 0 Å². The Kier molecular flexibility index (Phi) is 5.28. The van der Waals surface area contributed by atoms with Crippen molar-refractivity contribution in [3.05, 3.63) is 40.1 Å². The van der Waals surface area contributed by atoms with Gasteiger partial charge in [0, 0.05) is 25.0 Å². The van der Waals surface area contributed by atoms with E-state index in [2.05, 4.69) is 45.8 Å². The summed E-state index contributed by atoms with van der Waals surface area (Å²) in [5.74, 6) is 0. The third-order valence-corrected chi connectivity index (χ3v) is 4.49. The molecule has 0 aliphatic heterocycles. The monoisotopic (exact) mass is 350 g/mol. The van der Waals surface area contributed by atoms with Crippen LogP contribution in [0.2, 0.25) is 0 Å². The third-order valence-electron chi connectivity index (χ3n) is 3.57. The lowest BCUT2D eigenvalue weighted by molar-refractivity contribution is 0.666. The summed E-state index contributed by atoms with van der Waals surface area (Å²) in [5, 5.41) is 4.57. The molecule has 0 fully saturated rings. The Hall–Kier alpha value is -1.49. The number of benzene rings is 1. The summed E-state index contributed by atoms with van der Waals surface area (Å²) >= 11 is 3.69. The molecule has 0 unspecified atom stereocenters. The van der Waals surface area contributed by atoms with Crippen LogP contribution in [0.3, 0.4) is 0 Å². The van der Waals surface area contributed by atoms with Crippen molar-refractivity contribution in [2.75, 3.05) is 17.2 Å². The summed E-state index contributed by atoms with van der Waals surface area (Å²) in [4.78, 5) is 2.34. The van der Waals surface area contributed by atoms with Crippen molar-refractivity contribution in [1.82, 2.24) is 9.78 Å². The second-order valence-corrected chi connectivity index (χ2v) is 5.99. The summed E-state index contributed by atoms with van der Waals surface area (Å²) in [6.45, 7) is 6.12. The van der Waals surface area contributed by atoms with Gasteiger partial charge in [0.05, 0.1) is 22.4 Å². The number of rotatable bonds is 6. The van der Waals surface area contributed by atoms with Crippen LogP contribution in [0.4, 0.5) is 11.4 Å². The fourth-order valence-electron chi connectivity index (χ4n) is 2.46. The Morgan fingerprint density at radius 2 is 2.10 bits per heavy atom. The zero-order valence-corrected chi connectivity index (χ0v) is 14.5. The number of halogens is 1. The smallest absolute Gasteiger partial charge is 0.0767 e. The fraction of sp³-hybridized carbons (Fsp3) is 0.438. The van der Waals surface area contributed by atoms with Crippen LogP contribution in [0.5, 0.6) is 0 Å². The van der Waals surface area contributed by atoms with Gasteiger partial charge >= 0.3 is 0 Å². The van der Waals surface area contributed by atoms with Crippen molar-refractivity contribution in [1.29, 1.82) is 0 Å². The Morgan fingerprint density at radius 3 is 2.67 bits per heavy atom. The molecule has 0 radical (unpaired) electrons. The van der Waals surface area contributed by atoms with E-state index in [1.165, 1.54) is 5.69 Å². The van der Waals surface area contributed by atoms with E-state index >= 15 is 0 Å². The molecule has 114 valence electrons. The summed E-state index contributed by atoms with van der Waals surface area (Å²) < 4.78 is 3.09. The Balaban J connectivity index is 2.30. The highest BCUT2D eigenvalue weighted by Gasteiger charge is 2.16. The van der Waals surface area contributed by atoms with Crippen molar-refractivity contribution in [3.8, 4) is 0 Å². The van der Waals surface area contributed by atoms with E-state index in [4.69, 9.17) is 5.73 Å². The highest BCUT2D eigenvalue weighted by Crippen LogP contribution is 2.26. The molecule has 5 heteroatoms. The van der Waals surface area contributed by atoms with Crippen LogP contribution in [0.1, 0.15) is 31.7 Å². The molecule has 0 bridgehead atoms. The zero-order valence-electron chi connectivity index (χ0n) is 12.9. The van der Waals surface area contributed by atoms with E-state index in [0.717, 1.165) is 47.5 Å². The average Bonchev–Trinajstić information content (AvgIpc) is 2.74. The van der Waals surface area contributed by atoms with E-state index in [1.807, 2.05) is 29.9 Å². The van der Waals surface area contributed by atoms with Gasteiger partial charge in [0.1, 0.15) is 0 Å². The van der Waals surface area contributed by atoms with Crippen LogP contribution in [0.25, 0.3) is 0 Å². The molecule has 21 heavy (non-hydrogen) atoms. The van der Waals surface area contributed by atoms with Crippen LogP contribution < -0.4 is 10.6 Å². The average molecular weight is 351 g/mol. The molecule has 2 N–H and O–H groups in total. The lowest BCUT2D eigenvalue weighted by Gasteiger charge is -2.25. The minimum atomic E-state index is 0.798. The standard InChI is InChI=1S/C16H23BrN4/c1-4-9-21(13-8-6-7-12(18)10-13)11-15-16(17)14(5-2)19-20(15)3/h6-8,10H,4-5,9,11,18H2,1-3H3. The number of hydrogen-bond donors (Lipinski definition) is 1. The molecule has 0 aliphatic rings. The van der Waals surface area contributed by atoms with Gasteiger partial charge in [-0.3, -0.25) is 4.68 Å². The van der Waals surface area contributed by atoms with Gasteiger partial charge in [0.2, 0.25) is 0 Å². The van der Waals surface area contributed by atoms with Gasteiger partial charge in [0.15, 0.2) is 0 Å². The first kappa shape index (κ1) is 15.9. The molecular weight excluding hydrogens is 328 g/mol. The number of anilines is 2. The predicted octanol–water partition coefficient (Wildman–Crippen LogP) is 3.74. The molecular formula is C16H23BrN4. The highest BCUT2D eigenvalue weighted by molar-refractivity contribution is 9.10. The largest absolute Gasteiger partial charge is 0.399 e. The minimum Gasteiger partial charge on any atom is -0.399 e. The number of nitrogen functional groups attached to an aromatic ring is 1. The molecule has 0 amide bonds. The SMILES string of the molecule is CCCN(Cc1c(Br)c(CC)nn1C)c1cccc(N)c1.